The van der Waals surface area contributed by atoms with Gasteiger partial charge in [0, 0.05) is 11.1 Å². The zero-order valence-electron chi connectivity index (χ0n) is 10.6. The maximum Gasteiger partial charge on any atom is 0.422 e. The molecule has 0 fully saturated rings. The van der Waals surface area contributed by atoms with Crippen LogP contribution >= 0.6 is 11.3 Å². The Morgan fingerprint density at radius 2 is 2.10 bits per heavy atom. The van der Waals surface area contributed by atoms with Gasteiger partial charge in [-0.3, -0.25) is 4.98 Å². The molecule has 0 aliphatic rings. The summed E-state index contributed by atoms with van der Waals surface area (Å²) in [6, 6.07) is 6.51. The fraction of sp³-hybridized carbons (Fsp3) is 0.308. The van der Waals surface area contributed by atoms with Crippen molar-refractivity contribution in [1.29, 1.82) is 0 Å². The summed E-state index contributed by atoms with van der Waals surface area (Å²) in [6.07, 6.45) is -2.63. The minimum Gasteiger partial charge on any atom is -0.482 e. The van der Waals surface area contributed by atoms with E-state index in [0.29, 0.717) is 5.69 Å². The molecule has 108 valence electrons. The molecule has 0 radical (unpaired) electrons. The van der Waals surface area contributed by atoms with Gasteiger partial charge in [-0.25, -0.2) is 0 Å². The van der Waals surface area contributed by atoms with E-state index in [1.165, 1.54) is 17.4 Å². The van der Waals surface area contributed by atoms with Gasteiger partial charge in [-0.05, 0) is 19.1 Å². The Bertz CT molecular complexity index is 543. The summed E-state index contributed by atoms with van der Waals surface area (Å²) >= 11 is 1.48. The van der Waals surface area contributed by atoms with Crippen molar-refractivity contribution in [2.45, 2.75) is 19.1 Å². The molecule has 1 heterocycles. The monoisotopic (exact) mass is 302 g/mol. The quantitative estimate of drug-likeness (QED) is 0.896. The number of ether oxygens (including phenoxy) is 1. The number of aromatic nitrogens is 1. The van der Waals surface area contributed by atoms with E-state index in [9.17, 15) is 13.2 Å². The third-order valence-electron chi connectivity index (χ3n) is 2.53. The van der Waals surface area contributed by atoms with Gasteiger partial charge in [0.05, 0.1) is 17.2 Å². The van der Waals surface area contributed by atoms with Crippen LogP contribution in [0.4, 0.5) is 18.9 Å². The molecule has 1 aromatic carbocycles. The standard InChI is InChI=1S/C13H13F3N2OS/c1-9(12-6-17-8-20-12)18-10-4-2-3-5-11(10)19-7-13(14,15)16/h2-6,8-9,18H,7H2,1H3. The third-order valence-corrected chi connectivity index (χ3v) is 3.49. The molecule has 1 N–H and O–H groups in total. The van der Waals surface area contributed by atoms with Gasteiger partial charge in [-0.15, -0.1) is 11.3 Å². The van der Waals surface area contributed by atoms with Gasteiger partial charge < -0.3 is 10.1 Å². The first-order valence-electron chi connectivity index (χ1n) is 5.89. The molecule has 1 aromatic heterocycles. The van der Waals surface area contributed by atoms with E-state index in [1.807, 2.05) is 6.92 Å². The van der Waals surface area contributed by atoms with Crippen molar-refractivity contribution in [3.8, 4) is 5.75 Å². The van der Waals surface area contributed by atoms with Crippen molar-refractivity contribution in [3.63, 3.8) is 0 Å². The fourth-order valence-corrected chi connectivity index (χ4v) is 2.24. The summed E-state index contributed by atoms with van der Waals surface area (Å²) in [5.74, 6) is 0.182. The highest BCUT2D eigenvalue weighted by Crippen LogP contribution is 2.30. The average Bonchev–Trinajstić information content (AvgIpc) is 2.90. The van der Waals surface area contributed by atoms with Gasteiger partial charge in [0.1, 0.15) is 5.75 Å². The number of hydrogen-bond donors (Lipinski definition) is 1. The van der Waals surface area contributed by atoms with Crippen molar-refractivity contribution in [3.05, 3.63) is 40.8 Å². The number of nitrogens with one attached hydrogen (secondary N) is 1. The Hall–Kier alpha value is -1.76. The van der Waals surface area contributed by atoms with Gasteiger partial charge in [-0.1, -0.05) is 12.1 Å². The minimum absolute atomic E-state index is 0.0573. The molecule has 7 heteroatoms. The highest BCUT2D eigenvalue weighted by Gasteiger charge is 2.28. The first-order chi connectivity index (χ1) is 9.46. The van der Waals surface area contributed by atoms with E-state index >= 15 is 0 Å². The molecular weight excluding hydrogens is 289 g/mol. The van der Waals surface area contributed by atoms with Crippen molar-refractivity contribution >= 4 is 17.0 Å². The van der Waals surface area contributed by atoms with Crippen LogP contribution in [-0.4, -0.2) is 17.8 Å². The van der Waals surface area contributed by atoms with E-state index in [4.69, 9.17) is 4.74 Å². The van der Waals surface area contributed by atoms with Crippen molar-refractivity contribution in [1.82, 2.24) is 4.98 Å². The van der Waals surface area contributed by atoms with Crippen molar-refractivity contribution in [2.75, 3.05) is 11.9 Å². The highest BCUT2D eigenvalue weighted by molar-refractivity contribution is 7.09. The van der Waals surface area contributed by atoms with Crippen LogP contribution in [0.15, 0.2) is 36.0 Å². The van der Waals surface area contributed by atoms with Crippen LogP contribution in [-0.2, 0) is 0 Å². The Kier molecular flexibility index (Phi) is 4.49. The van der Waals surface area contributed by atoms with E-state index < -0.39 is 12.8 Å². The Morgan fingerprint density at radius 3 is 2.75 bits per heavy atom. The maximum absolute atomic E-state index is 12.2. The number of rotatable bonds is 5. The molecule has 0 amide bonds. The third kappa shape index (κ3) is 4.12. The van der Waals surface area contributed by atoms with E-state index in [-0.39, 0.29) is 11.8 Å². The lowest BCUT2D eigenvalue weighted by molar-refractivity contribution is -0.153. The predicted molar refractivity (Wildman–Crippen MR) is 72.1 cm³/mol. The van der Waals surface area contributed by atoms with E-state index in [0.717, 1.165) is 4.88 Å². The molecule has 0 saturated heterocycles. The van der Waals surface area contributed by atoms with Gasteiger partial charge in [0.15, 0.2) is 6.61 Å². The van der Waals surface area contributed by atoms with Crippen LogP contribution in [0.3, 0.4) is 0 Å². The highest BCUT2D eigenvalue weighted by atomic mass is 32.1. The minimum atomic E-state index is -4.35. The van der Waals surface area contributed by atoms with Crippen LogP contribution in [0.1, 0.15) is 17.8 Å². The molecule has 0 spiro atoms. The number of anilines is 1. The summed E-state index contributed by atoms with van der Waals surface area (Å²) in [5.41, 5.74) is 2.23. The molecule has 0 bridgehead atoms. The smallest absolute Gasteiger partial charge is 0.422 e. The zero-order valence-corrected chi connectivity index (χ0v) is 11.5. The number of hydrogen-bond acceptors (Lipinski definition) is 4. The van der Waals surface area contributed by atoms with Crippen LogP contribution in [0, 0.1) is 0 Å². The van der Waals surface area contributed by atoms with Crippen LogP contribution < -0.4 is 10.1 Å². The van der Waals surface area contributed by atoms with Gasteiger partial charge >= 0.3 is 6.18 Å². The normalized spacial score (nSPS) is 13.0. The molecule has 0 aliphatic heterocycles. The van der Waals surface area contributed by atoms with Crippen molar-refractivity contribution < 1.29 is 17.9 Å². The molecule has 2 rings (SSSR count). The number of halogens is 3. The zero-order chi connectivity index (χ0) is 14.6. The number of benzene rings is 1. The van der Waals surface area contributed by atoms with Crippen LogP contribution in [0.5, 0.6) is 5.75 Å². The Balaban J connectivity index is 2.08. The summed E-state index contributed by atoms with van der Waals surface area (Å²) < 4.78 is 41.4. The molecule has 1 atom stereocenters. The lowest BCUT2D eigenvalue weighted by Crippen LogP contribution is -2.20. The molecule has 2 aromatic rings. The summed E-state index contributed by atoms with van der Waals surface area (Å²) in [7, 11) is 0. The number of alkyl halides is 3. The average molecular weight is 302 g/mol. The molecule has 0 aliphatic carbocycles. The number of nitrogens with zero attached hydrogens (tertiary/aromatic N) is 1. The van der Waals surface area contributed by atoms with Gasteiger partial charge in [0.2, 0.25) is 0 Å². The topological polar surface area (TPSA) is 34.1 Å². The summed E-state index contributed by atoms with van der Waals surface area (Å²) in [6.45, 7) is 0.606. The molecular formula is C13H13F3N2OS. The van der Waals surface area contributed by atoms with E-state index in [2.05, 4.69) is 10.3 Å². The number of thiazole rings is 1. The molecule has 20 heavy (non-hydrogen) atoms. The lowest BCUT2D eigenvalue weighted by Gasteiger charge is -2.17. The largest absolute Gasteiger partial charge is 0.482 e. The second kappa shape index (κ2) is 6.13. The summed E-state index contributed by atoms with van der Waals surface area (Å²) in [4.78, 5) is 4.97. The first-order valence-corrected chi connectivity index (χ1v) is 6.77. The Morgan fingerprint density at radius 1 is 1.35 bits per heavy atom. The Labute approximate surface area is 118 Å². The molecule has 0 saturated carbocycles. The lowest BCUT2D eigenvalue weighted by atomic mass is 10.2. The summed E-state index contributed by atoms with van der Waals surface area (Å²) in [5, 5.41) is 3.13. The van der Waals surface area contributed by atoms with Gasteiger partial charge in [0.25, 0.3) is 0 Å². The van der Waals surface area contributed by atoms with E-state index in [1.54, 1.807) is 29.9 Å². The van der Waals surface area contributed by atoms with Crippen LogP contribution in [0.25, 0.3) is 0 Å². The van der Waals surface area contributed by atoms with Crippen molar-refractivity contribution in [2.24, 2.45) is 0 Å². The SMILES string of the molecule is CC(Nc1ccccc1OCC(F)(F)F)c1cncs1. The molecule has 3 nitrogen and oxygen atoms in total. The number of para-hydroxylation sites is 2. The second-order valence-corrected chi connectivity index (χ2v) is 5.09. The molecule has 1 unspecified atom stereocenters. The van der Waals surface area contributed by atoms with Gasteiger partial charge in [-0.2, -0.15) is 13.2 Å². The fourth-order valence-electron chi connectivity index (χ4n) is 1.62. The van der Waals surface area contributed by atoms with Crippen LogP contribution in [0.2, 0.25) is 0 Å². The maximum atomic E-state index is 12.2. The second-order valence-electron chi connectivity index (χ2n) is 4.17. The first kappa shape index (κ1) is 14.6. The predicted octanol–water partition coefficient (Wildman–Crippen LogP) is 4.26.